The number of benzene rings is 3. The van der Waals surface area contributed by atoms with Crippen LogP contribution in [0.1, 0.15) is 36.5 Å². The highest BCUT2D eigenvalue weighted by molar-refractivity contribution is 5.84. The Bertz CT molecular complexity index is 1040. The van der Waals surface area contributed by atoms with Crippen LogP contribution in [0, 0.1) is 40.9 Å². The van der Waals surface area contributed by atoms with Crippen LogP contribution in [-0.4, -0.2) is 0 Å². The molecule has 0 unspecified atom stereocenters. The molecule has 3 aromatic rings. The van der Waals surface area contributed by atoms with Crippen molar-refractivity contribution in [3.8, 4) is 11.8 Å². The molecule has 0 fully saturated rings. The average molecular weight is 374 g/mol. The van der Waals surface area contributed by atoms with Crippen molar-refractivity contribution in [3.05, 3.63) is 82.2 Å². The summed E-state index contributed by atoms with van der Waals surface area (Å²) in [6.45, 7) is 1.81. The van der Waals surface area contributed by atoms with E-state index in [0.717, 1.165) is 0 Å². The third-order valence-corrected chi connectivity index (χ3v) is 4.27. The van der Waals surface area contributed by atoms with Gasteiger partial charge in [-0.15, -0.1) is 0 Å². The quantitative estimate of drug-likeness (QED) is 0.288. The molecular weight excluding hydrogens is 359 g/mol. The molecule has 0 atom stereocenters. The zero-order valence-corrected chi connectivity index (χ0v) is 14.5. The molecule has 0 saturated heterocycles. The lowest BCUT2D eigenvalue weighted by atomic mass is 10.0. The maximum absolute atomic E-state index is 14.2. The molecule has 0 aliphatic rings. The Morgan fingerprint density at radius 3 is 2.04 bits per heavy atom. The molecule has 3 aromatic carbocycles. The predicted octanol–water partition coefficient (Wildman–Crippen LogP) is 6.28. The summed E-state index contributed by atoms with van der Waals surface area (Å²) in [7, 11) is 0. The van der Waals surface area contributed by atoms with Crippen molar-refractivity contribution in [2.24, 2.45) is 0 Å². The summed E-state index contributed by atoms with van der Waals surface area (Å²) in [5.41, 5.74) is -1.15. The third-order valence-electron chi connectivity index (χ3n) is 4.27. The molecule has 3 rings (SSSR count). The van der Waals surface area contributed by atoms with Gasteiger partial charge >= 0.3 is 0 Å². The minimum Gasteiger partial charge on any atom is -0.207 e. The number of unbranched alkanes of at least 4 members (excludes halogenated alkanes) is 1. The molecule has 5 heteroatoms. The van der Waals surface area contributed by atoms with Gasteiger partial charge in [-0.25, -0.2) is 22.0 Å². The molecule has 138 valence electrons. The summed E-state index contributed by atoms with van der Waals surface area (Å²) >= 11 is 0. The number of fused-ring (bicyclic) bond motifs is 1. The van der Waals surface area contributed by atoms with Gasteiger partial charge in [0.05, 0.1) is 0 Å². The van der Waals surface area contributed by atoms with E-state index in [-0.39, 0.29) is 12.2 Å². The van der Waals surface area contributed by atoms with Crippen LogP contribution < -0.4 is 0 Å². The van der Waals surface area contributed by atoms with Gasteiger partial charge in [0, 0.05) is 11.1 Å². The summed E-state index contributed by atoms with van der Waals surface area (Å²) < 4.78 is 69.8. The van der Waals surface area contributed by atoms with Gasteiger partial charge in [-0.3, -0.25) is 0 Å². The monoisotopic (exact) mass is 374 g/mol. The minimum absolute atomic E-state index is 0.0864. The van der Waals surface area contributed by atoms with Crippen molar-refractivity contribution in [3.63, 3.8) is 0 Å². The summed E-state index contributed by atoms with van der Waals surface area (Å²) in [5.74, 6) is -1.48. The number of halogens is 5. The highest BCUT2D eigenvalue weighted by Gasteiger charge is 2.23. The van der Waals surface area contributed by atoms with Gasteiger partial charge in [-0.05, 0) is 47.9 Å². The van der Waals surface area contributed by atoms with Gasteiger partial charge in [0.25, 0.3) is 0 Å². The zero-order chi connectivity index (χ0) is 19.6. The van der Waals surface area contributed by atoms with Gasteiger partial charge in [0.1, 0.15) is 11.4 Å². The Morgan fingerprint density at radius 2 is 1.37 bits per heavy atom. The second-order valence-corrected chi connectivity index (χ2v) is 6.17. The van der Waals surface area contributed by atoms with Crippen LogP contribution in [-0.2, 0) is 6.42 Å². The van der Waals surface area contributed by atoms with Crippen LogP contribution in [0.4, 0.5) is 22.0 Å². The first-order valence-corrected chi connectivity index (χ1v) is 8.48. The lowest BCUT2D eigenvalue weighted by molar-refractivity contribution is 0.434. The second-order valence-electron chi connectivity index (χ2n) is 6.17. The molecule has 0 nitrogen and oxygen atoms in total. The Hall–Kier alpha value is -2.87. The SMILES string of the molecule is CCCCc1c(F)c(F)c(C#Cc2ccc3cc(F)ccc3c2)c(F)c1F. The van der Waals surface area contributed by atoms with Crippen molar-refractivity contribution >= 4 is 10.8 Å². The van der Waals surface area contributed by atoms with Gasteiger partial charge < -0.3 is 0 Å². The Kier molecular flexibility index (Phi) is 5.46. The number of rotatable bonds is 3. The van der Waals surface area contributed by atoms with Gasteiger partial charge in [0.2, 0.25) is 0 Å². The third kappa shape index (κ3) is 3.80. The van der Waals surface area contributed by atoms with E-state index in [1.54, 1.807) is 25.1 Å². The van der Waals surface area contributed by atoms with Crippen LogP contribution in [0.15, 0.2) is 36.4 Å². The van der Waals surface area contributed by atoms with E-state index < -0.39 is 34.4 Å². The Labute approximate surface area is 153 Å². The first kappa shape index (κ1) is 18.9. The lowest BCUT2D eigenvalue weighted by Gasteiger charge is -2.08. The second kappa shape index (κ2) is 7.79. The van der Waals surface area contributed by atoms with E-state index in [1.807, 2.05) is 0 Å². The first-order valence-electron chi connectivity index (χ1n) is 8.48. The standard InChI is InChI=1S/C22H15F5/c1-2-3-4-17-19(24)21(26)18(22(27)20(17)25)10-6-13-5-7-15-12-16(23)9-8-14(15)11-13/h5,7-9,11-12H,2-4H2,1H3. The summed E-state index contributed by atoms with van der Waals surface area (Å²) in [5, 5.41) is 1.31. The van der Waals surface area contributed by atoms with E-state index >= 15 is 0 Å². The maximum Gasteiger partial charge on any atom is 0.177 e. The fraction of sp³-hybridized carbons (Fsp3) is 0.182. The molecule has 0 aliphatic heterocycles. The van der Waals surface area contributed by atoms with Crippen LogP contribution in [0.3, 0.4) is 0 Å². The Morgan fingerprint density at radius 1 is 0.741 bits per heavy atom. The largest absolute Gasteiger partial charge is 0.207 e. The van der Waals surface area contributed by atoms with Crippen molar-refractivity contribution in [2.75, 3.05) is 0 Å². The fourth-order valence-electron chi connectivity index (χ4n) is 2.79. The van der Waals surface area contributed by atoms with Crippen molar-refractivity contribution < 1.29 is 22.0 Å². The number of hydrogen-bond donors (Lipinski definition) is 0. The molecule has 0 bridgehead atoms. The molecule has 0 saturated carbocycles. The maximum atomic E-state index is 14.2. The molecule has 0 spiro atoms. The molecule has 0 amide bonds. The predicted molar refractivity (Wildman–Crippen MR) is 94.8 cm³/mol. The van der Waals surface area contributed by atoms with Crippen molar-refractivity contribution in [1.29, 1.82) is 0 Å². The number of hydrogen-bond acceptors (Lipinski definition) is 0. The zero-order valence-electron chi connectivity index (χ0n) is 14.5. The van der Waals surface area contributed by atoms with E-state index in [1.165, 1.54) is 18.2 Å². The lowest BCUT2D eigenvalue weighted by Crippen LogP contribution is -2.07. The van der Waals surface area contributed by atoms with E-state index in [4.69, 9.17) is 0 Å². The minimum atomic E-state index is -1.49. The molecule has 27 heavy (non-hydrogen) atoms. The van der Waals surface area contributed by atoms with Gasteiger partial charge in [-0.2, -0.15) is 0 Å². The van der Waals surface area contributed by atoms with E-state index in [2.05, 4.69) is 11.8 Å². The fourth-order valence-corrected chi connectivity index (χ4v) is 2.79. The van der Waals surface area contributed by atoms with Crippen molar-refractivity contribution in [1.82, 2.24) is 0 Å². The van der Waals surface area contributed by atoms with Crippen LogP contribution >= 0.6 is 0 Å². The highest BCUT2D eigenvalue weighted by atomic mass is 19.2. The van der Waals surface area contributed by atoms with E-state index in [9.17, 15) is 22.0 Å². The molecular formula is C22H15F5. The summed E-state index contributed by atoms with van der Waals surface area (Å²) in [6.07, 6.45) is 0.960. The Balaban J connectivity index is 2.03. The van der Waals surface area contributed by atoms with E-state index in [0.29, 0.717) is 29.2 Å². The smallest absolute Gasteiger partial charge is 0.177 e. The topological polar surface area (TPSA) is 0 Å². The van der Waals surface area contributed by atoms with Gasteiger partial charge in [-0.1, -0.05) is 37.3 Å². The van der Waals surface area contributed by atoms with Crippen LogP contribution in [0.2, 0.25) is 0 Å². The van der Waals surface area contributed by atoms with Crippen LogP contribution in [0.25, 0.3) is 10.8 Å². The van der Waals surface area contributed by atoms with Crippen LogP contribution in [0.5, 0.6) is 0 Å². The molecule has 0 heterocycles. The van der Waals surface area contributed by atoms with Crippen molar-refractivity contribution in [2.45, 2.75) is 26.2 Å². The van der Waals surface area contributed by atoms with Gasteiger partial charge in [0.15, 0.2) is 23.3 Å². The summed E-state index contributed by atoms with van der Waals surface area (Å²) in [4.78, 5) is 0. The normalized spacial score (nSPS) is 10.7. The molecule has 0 N–H and O–H groups in total. The molecule has 0 radical (unpaired) electrons. The summed E-state index contributed by atoms with van der Waals surface area (Å²) in [6, 6.07) is 8.89. The molecule has 0 aromatic heterocycles. The average Bonchev–Trinajstić information content (AvgIpc) is 2.66. The molecule has 0 aliphatic carbocycles. The first-order chi connectivity index (χ1) is 12.9. The highest BCUT2D eigenvalue weighted by Crippen LogP contribution is 2.25.